The van der Waals surface area contributed by atoms with Crippen LogP contribution in [0.25, 0.3) is 0 Å². The highest BCUT2D eigenvalue weighted by molar-refractivity contribution is 5.78. The van der Waals surface area contributed by atoms with Gasteiger partial charge in [0.2, 0.25) is 0 Å². The molecule has 0 aromatic carbocycles. The van der Waals surface area contributed by atoms with Gasteiger partial charge in [-0.1, -0.05) is 20.8 Å². The molecule has 18 heavy (non-hydrogen) atoms. The number of carboxylic acids is 1. The maximum Gasteiger partial charge on any atom is 0.323 e. The summed E-state index contributed by atoms with van der Waals surface area (Å²) in [6, 6.07) is 0.745. The van der Waals surface area contributed by atoms with Gasteiger partial charge >= 0.3 is 5.97 Å². The molecule has 3 unspecified atom stereocenters. The van der Waals surface area contributed by atoms with Gasteiger partial charge in [0.05, 0.1) is 0 Å². The van der Waals surface area contributed by atoms with Crippen LogP contribution in [0.1, 0.15) is 54.4 Å². The molecule has 0 aliphatic carbocycles. The van der Waals surface area contributed by atoms with Crippen molar-refractivity contribution in [1.29, 1.82) is 0 Å². The first-order valence-corrected chi connectivity index (χ1v) is 7.06. The lowest BCUT2D eigenvalue weighted by Crippen LogP contribution is -2.54. The molecule has 3 atom stereocenters. The van der Waals surface area contributed by atoms with E-state index in [-0.39, 0.29) is 6.04 Å². The van der Waals surface area contributed by atoms with Crippen molar-refractivity contribution in [3.05, 3.63) is 0 Å². The van der Waals surface area contributed by atoms with Crippen LogP contribution < -0.4 is 5.32 Å². The molecule has 0 spiro atoms. The summed E-state index contributed by atoms with van der Waals surface area (Å²) in [5.41, 5.74) is -0.838. The van der Waals surface area contributed by atoms with Crippen LogP contribution in [-0.4, -0.2) is 46.7 Å². The van der Waals surface area contributed by atoms with Crippen LogP contribution >= 0.6 is 0 Å². The minimum absolute atomic E-state index is 0.255. The second kappa shape index (κ2) is 7.74. The fraction of sp³-hybridized carbons (Fsp3) is 0.929. The standard InChI is InChI=1S/C14H30N2O2/c1-7-11(4)16(9-3)12(5)10-14(6,13(17)18)15-8-2/h11-12,15H,7-10H2,1-6H3,(H,17,18). The second-order valence-electron chi connectivity index (χ2n) is 5.31. The Kier molecular flexibility index (Phi) is 7.48. The molecule has 0 aromatic rings. The Morgan fingerprint density at radius 3 is 2.17 bits per heavy atom. The lowest BCUT2D eigenvalue weighted by atomic mass is 9.92. The highest BCUT2D eigenvalue weighted by atomic mass is 16.4. The molecular weight excluding hydrogens is 228 g/mol. The van der Waals surface area contributed by atoms with E-state index in [4.69, 9.17) is 0 Å². The normalized spacial score (nSPS) is 18.4. The molecular formula is C14H30N2O2. The summed E-state index contributed by atoms with van der Waals surface area (Å²) in [6.07, 6.45) is 1.71. The van der Waals surface area contributed by atoms with Gasteiger partial charge in [0.1, 0.15) is 5.54 Å². The van der Waals surface area contributed by atoms with Gasteiger partial charge < -0.3 is 10.4 Å². The minimum Gasteiger partial charge on any atom is -0.480 e. The smallest absolute Gasteiger partial charge is 0.323 e. The fourth-order valence-corrected chi connectivity index (χ4v) is 2.63. The van der Waals surface area contributed by atoms with Crippen molar-refractivity contribution in [2.75, 3.05) is 13.1 Å². The van der Waals surface area contributed by atoms with Gasteiger partial charge in [0.15, 0.2) is 0 Å². The third-order valence-corrected chi connectivity index (χ3v) is 3.83. The number of nitrogens with zero attached hydrogens (tertiary/aromatic N) is 1. The number of nitrogens with one attached hydrogen (secondary N) is 1. The van der Waals surface area contributed by atoms with E-state index in [1.807, 2.05) is 6.92 Å². The van der Waals surface area contributed by atoms with Gasteiger partial charge in [-0.05, 0) is 46.7 Å². The highest BCUT2D eigenvalue weighted by Gasteiger charge is 2.35. The zero-order chi connectivity index (χ0) is 14.3. The highest BCUT2D eigenvalue weighted by Crippen LogP contribution is 2.19. The van der Waals surface area contributed by atoms with Crippen molar-refractivity contribution in [3.8, 4) is 0 Å². The summed E-state index contributed by atoms with van der Waals surface area (Å²) < 4.78 is 0. The number of carboxylic acid groups (broad SMARTS) is 1. The summed E-state index contributed by atoms with van der Waals surface area (Å²) in [5.74, 6) is -0.767. The van der Waals surface area contributed by atoms with Crippen molar-refractivity contribution >= 4 is 5.97 Å². The molecule has 0 amide bonds. The van der Waals surface area contributed by atoms with Gasteiger partial charge in [-0.3, -0.25) is 9.69 Å². The average molecular weight is 258 g/mol. The van der Waals surface area contributed by atoms with Gasteiger partial charge in [0, 0.05) is 12.1 Å². The van der Waals surface area contributed by atoms with E-state index in [2.05, 4.69) is 37.9 Å². The van der Waals surface area contributed by atoms with Crippen LogP contribution in [-0.2, 0) is 4.79 Å². The maximum absolute atomic E-state index is 11.4. The van der Waals surface area contributed by atoms with Gasteiger partial charge in [-0.15, -0.1) is 0 Å². The zero-order valence-corrected chi connectivity index (χ0v) is 12.8. The lowest BCUT2D eigenvalue weighted by Gasteiger charge is -2.37. The Morgan fingerprint density at radius 2 is 1.83 bits per heavy atom. The Bertz CT molecular complexity index is 258. The molecule has 0 saturated carbocycles. The number of rotatable bonds is 9. The molecule has 0 fully saturated rings. The van der Waals surface area contributed by atoms with Crippen molar-refractivity contribution in [1.82, 2.24) is 10.2 Å². The molecule has 4 heteroatoms. The van der Waals surface area contributed by atoms with E-state index in [1.165, 1.54) is 0 Å². The third-order valence-electron chi connectivity index (χ3n) is 3.83. The molecule has 0 aliphatic heterocycles. The summed E-state index contributed by atoms with van der Waals surface area (Å²) >= 11 is 0. The number of hydrogen-bond donors (Lipinski definition) is 2. The Balaban J connectivity index is 4.76. The van der Waals surface area contributed by atoms with Crippen LogP contribution in [0.15, 0.2) is 0 Å². The van der Waals surface area contributed by atoms with Crippen LogP contribution in [0.2, 0.25) is 0 Å². The average Bonchev–Trinajstić information content (AvgIpc) is 2.29. The molecule has 0 rings (SSSR count). The minimum atomic E-state index is -0.838. The van der Waals surface area contributed by atoms with Crippen molar-refractivity contribution < 1.29 is 9.90 Å². The first kappa shape index (κ1) is 17.4. The maximum atomic E-state index is 11.4. The Labute approximate surface area is 112 Å². The zero-order valence-electron chi connectivity index (χ0n) is 12.8. The van der Waals surface area contributed by atoms with E-state index in [0.29, 0.717) is 19.0 Å². The van der Waals surface area contributed by atoms with E-state index in [9.17, 15) is 9.90 Å². The van der Waals surface area contributed by atoms with E-state index in [1.54, 1.807) is 6.92 Å². The SMILES string of the molecule is CCNC(C)(CC(C)N(CC)C(C)CC)C(=O)O. The summed E-state index contributed by atoms with van der Waals surface area (Å²) in [4.78, 5) is 13.8. The first-order valence-electron chi connectivity index (χ1n) is 7.06. The molecule has 0 saturated heterocycles. The second-order valence-corrected chi connectivity index (χ2v) is 5.31. The number of carbonyl (C=O) groups is 1. The fourth-order valence-electron chi connectivity index (χ4n) is 2.63. The molecule has 0 aromatic heterocycles. The monoisotopic (exact) mass is 258 g/mol. The summed E-state index contributed by atoms with van der Waals surface area (Å²) in [7, 11) is 0. The Morgan fingerprint density at radius 1 is 1.28 bits per heavy atom. The number of likely N-dealkylation sites (N-methyl/N-ethyl adjacent to an activating group) is 1. The molecule has 0 heterocycles. The van der Waals surface area contributed by atoms with Gasteiger partial charge in [-0.2, -0.15) is 0 Å². The van der Waals surface area contributed by atoms with E-state index in [0.717, 1.165) is 13.0 Å². The van der Waals surface area contributed by atoms with Crippen LogP contribution in [0, 0.1) is 0 Å². The Hall–Kier alpha value is -0.610. The molecule has 0 radical (unpaired) electrons. The van der Waals surface area contributed by atoms with Crippen molar-refractivity contribution in [2.24, 2.45) is 0 Å². The molecule has 0 aliphatic rings. The predicted molar refractivity (Wildman–Crippen MR) is 75.9 cm³/mol. The molecule has 4 nitrogen and oxygen atoms in total. The topological polar surface area (TPSA) is 52.6 Å². The largest absolute Gasteiger partial charge is 0.480 e. The quantitative estimate of drug-likeness (QED) is 0.666. The van der Waals surface area contributed by atoms with Crippen LogP contribution in [0.4, 0.5) is 0 Å². The van der Waals surface area contributed by atoms with Gasteiger partial charge in [-0.25, -0.2) is 0 Å². The first-order chi connectivity index (χ1) is 8.32. The lowest BCUT2D eigenvalue weighted by molar-refractivity contribution is -0.145. The predicted octanol–water partition coefficient (Wildman–Crippen LogP) is 2.34. The molecule has 108 valence electrons. The van der Waals surface area contributed by atoms with E-state index < -0.39 is 11.5 Å². The van der Waals surface area contributed by atoms with Crippen LogP contribution in [0.3, 0.4) is 0 Å². The van der Waals surface area contributed by atoms with Crippen LogP contribution in [0.5, 0.6) is 0 Å². The molecule has 0 bridgehead atoms. The third kappa shape index (κ3) is 4.58. The number of aliphatic carboxylic acids is 1. The summed E-state index contributed by atoms with van der Waals surface area (Å²) in [5, 5.41) is 12.5. The number of hydrogen-bond acceptors (Lipinski definition) is 3. The van der Waals surface area contributed by atoms with Gasteiger partial charge in [0.25, 0.3) is 0 Å². The van der Waals surface area contributed by atoms with E-state index >= 15 is 0 Å². The van der Waals surface area contributed by atoms with Crippen molar-refractivity contribution in [3.63, 3.8) is 0 Å². The van der Waals surface area contributed by atoms with Crippen molar-refractivity contribution in [2.45, 2.75) is 72.0 Å². The summed E-state index contributed by atoms with van der Waals surface area (Å²) in [6.45, 7) is 14.0. The molecule has 2 N–H and O–H groups in total.